The zero-order valence-electron chi connectivity index (χ0n) is 9.78. The lowest BCUT2D eigenvalue weighted by atomic mass is 10.1. The van der Waals surface area contributed by atoms with E-state index in [9.17, 15) is 4.79 Å². The zero-order valence-corrected chi connectivity index (χ0v) is 9.78. The Hall–Kier alpha value is -1.35. The molecule has 17 heavy (non-hydrogen) atoms. The van der Waals surface area contributed by atoms with Crippen molar-refractivity contribution in [1.29, 1.82) is 0 Å². The smallest absolute Gasteiger partial charge is 0.163 e. The van der Waals surface area contributed by atoms with E-state index < -0.39 is 0 Å². The molecule has 0 saturated carbocycles. The summed E-state index contributed by atoms with van der Waals surface area (Å²) < 4.78 is 11.1. The first kappa shape index (κ1) is 10.8. The number of Topliss-reactive ketones (excluding diaryl/α,β-unsaturated/α-hetero) is 1. The van der Waals surface area contributed by atoms with Crippen LogP contribution in [0.15, 0.2) is 18.2 Å². The summed E-state index contributed by atoms with van der Waals surface area (Å²) in [5.74, 6) is 1.66. The van der Waals surface area contributed by atoms with Crippen molar-refractivity contribution in [3.8, 4) is 5.75 Å². The lowest BCUT2D eigenvalue weighted by Gasteiger charge is -2.11. The average Bonchev–Trinajstić information content (AvgIpc) is 2.97. The molecule has 1 aromatic carbocycles. The number of aryl methyl sites for hydroxylation is 1. The fourth-order valence-electron chi connectivity index (χ4n) is 2.45. The number of fused-ring (bicyclic) bond motifs is 1. The maximum absolute atomic E-state index is 11.5. The standard InChI is InChI=1S/C14H16O3/c15-14-4-1-11-7-12(2-3-13(11)14)17-9-10-5-6-16-8-10/h2-3,7,10H,1,4-6,8-9H2. The molecule has 0 amide bonds. The lowest BCUT2D eigenvalue weighted by molar-refractivity contribution is 0.0994. The number of carbonyl (C=O) groups excluding carboxylic acids is 1. The molecule has 1 aromatic rings. The van der Waals surface area contributed by atoms with Crippen molar-refractivity contribution in [3.05, 3.63) is 29.3 Å². The summed E-state index contributed by atoms with van der Waals surface area (Å²) in [5.41, 5.74) is 2.01. The van der Waals surface area contributed by atoms with Gasteiger partial charge in [-0.25, -0.2) is 0 Å². The SMILES string of the molecule is O=C1CCc2cc(OCC3CCOC3)ccc21. The highest BCUT2D eigenvalue weighted by molar-refractivity contribution is 6.00. The van der Waals surface area contributed by atoms with Crippen LogP contribution < -0.4 is 4.74 Å². The van der Waals surface area contributed by atoms with Crippen molar-refractivity contribution in [1.82, 2.24) is 0 Å². The van der Waals surface area contributed by atoms with E-state index in [2.05, 4.69) is 0 Å². The molecular weight excluding hydrogens is 216 g/mol. The monoisotopic (exact) mass is 232 g/mol. The second-order valence-electron chi connectivity index (χ2n) is 4.78. The van der Waals surface area contributed by atoms with E-state index in [0.717, 1.165) is 42.9 Å². The lowest BCUT2D eigenvalue weighted by Crippen LogP contribution is -2.11. The van der Waals surface area contributed by atoms with E-state index in [1.165, 1.54) is 0 Å². The van der Waals surface area contributed by atoms with Gasteiger partial charge in [0, 0.05) is 24.5 Å². The summed E-state index contributed by atoms with van der Waals surface area (Å²) in [5, 5.41) is 0. The van der Waals surface area contributed by atoms with Crippen LogP contribution in [0, 0.1) is 5.92 Å². The van der Waals surface area contributed by atoms with Crippen LogP contribution >= 0.6 is 0 Å². The van der Waals surface area contributed by atoms with Gasteiger partial charge in [0.2, 0.25) is 0 Å². The van der Waals surface area contributed by atoms with Gasteiger partial charge in [0.05, 0.1) is 13.2 Å². The van der Waals surface area contributed by atoms with E-state index in [0.29, 0.717) is 18.9 Å². The van der Waals surface area contributed by atoms with Gasteiger partial charge in [0.1, 0.15) is 5.75 Å². The third-order valence-corrected chi connectivity index (χ3v) is 3.51. The molecule has 0 radical (unpaired) electrons. The second-order valence-corrected chi connectivity index (χ2v) is 4.78. The Morgan fingerprint density at radius 1 is 1.35 bits per heavy atom. The molecule has 0 N–H and O–H groups in total. The Balaban J connectivity index is 1.66. The molecule has 1 saturated heterocycles. The van der Waals surface area contributed by atoms with Gasteiger partial charge in [-0.15, -0.1) is 0 Å². The molecule has 3 nitrogen and oxygen atoms in total. The fourth-order valence-corrected chi connectivity index (χ4v) is 2.45. The van der Waals surface area contributed by atoms with Crippen molar-refractivity contribution >= 4 is 5.78 Å². The van der Waals surface area contributed by atoms with E-state index in [4.69, 9.17) is 9.47 Å². The number of ether oxygens (including phenoxy) is 2. The highest BCUT2D eigenvalue weighted by Gasteiger charge is 2.20. The van der Waals surface area contributed by atoms with Crippen molar-refractivity contribution in [2.45, 2.75) is 19.3 Å². The van der Waals surface area contributed by atoms with Crippen LogP contribution in [0.5, 0.6) is 5.75 Å². The second kappa shape index (κ2) is 4.49. The highest BCUT2D eigenvalue weighted by atomic mass is 16.5. The molecule has 0 spiro atoms. The van der Waals surface area contributed by atoms with Crippen LogP contribution in [-0.4, -0.2) is 25.6 Å². The molecule has 2 aliphatic rings. The quantitative estimate of drug-likeness (QED) is 0.801. The fraction of sp³-hybridized carbons (Fsp3) is 0.500. The van der Waals surface area contributed by atoms with Crippen molar-refractivity contribution in [2.75, 3.05) is 19.8 Å². The van der Waals surface area contributed by atoms with E-state index >= 15 is 0 Å². The molecule has 1 unspecified atom stereocenters. The maximum atomic E-state index is 11.5. The molecular formula is C14H16O3. The Morgan fingerprint density at radius 3 is 3.12 bits per heavy atom. The van der Waals surface area contributed by atoms with Gasteiger partial charge >= 0.3 is 0 Å². The van der Waals surface area contributed by atoms with Gasteiger partial charge < -0.3 is 9.47 Å². The van der Waals surface area contributed by atoms with Gasteiger partial charge in [-0.2, -0.15) is 0 Å². The predicted molar refractivity (Wildman–Crippen MR) is 63.5 cm³/mol. The number of carbonyl (C=O) groups is 1. The molecule has 1 atom stereocenters. The summed E-state index contributed by atoms with van der Waals surface area (Å²) in [6.45, 7) is 2.38. The minimum Gasteiger partial charge on any atom is -0.493 e. The first-order valence-electron chi connectivity index (χ1n) is 6.19. The first-order valence-corrected chi connectivity index (χ1v) is 6.19. The van der Waals surface area contributed by atoms with Crippen molar-refractivity contribution < 1.29 is 14.3 Å². The molecule has 1 aliphatic heterocycles. The summed E-state index contributed by atoms with van der Waals surface area (Å²) in [6.07, 6.45) is 2.59. The van der Waals surface area contributed by atoms with Gasteiger partial charge in [-0.3, -0.25) is 4.79 Å². The number of rotatable bonds is 3. The Kier molecular flexibility index (Phi) is 2.85. The number of hydrogen-bond acceptors (Lipinski definition) is 3. The molecule has 3 rings (SSSR count). The Labute approximate surface area is 101 Å². The van der Waals surface area contributed by atoms with Gasteiger partial charge in [-0.1, -0.05) is 0 Å². The first-order chi connectivity index (χ1) is 8.33. The summed E-state index contributed by atoms with van der Waals surface area (Å²) in [4.78, 5) is 11.5. The zero-order chi connectivity index (χ0) is 11.7. The van der Waals surface area contributed by atoms with Crippen LogP contribution in [0.25, 0.3) is 0 Å². The van der Waals surface area contributed by atoms with E-state index in [-0.39, 0.29) is 5.78 Å². The van der Waals surface area contributed by atoms with Crippen LogP contribution in [0.4, 0.5) is 0 Å². The molecule has 1 aliphatic carbocycles. The van der Waals surface area contributed by atoms with Crippen molar-refractivity contribution in [3.63, 3.8) is 0 Å². The molecule has 3 heteroatoms. The van der Waals surface area contributed by atoms with Crippen LogP contribution in [0.3, 0.4) is 0 Å². The Morgan fingerprint density at radius 2 is 2.29 bits per heavy atom. The molecule has 90 valence electrons. The predicted octanol–water partition coefficient (Wildman–Crippen LogP) is 2.23. The van der Waals surface area contributed by atoms with Crippen LogP contribution in [0.1, 0.15) is 28.8 Å². The largest absolute Gasteiger partial charge is 0.493 e. The summed E-state index contributed by atoms with van der Waals surface area (Å²) in [6, 6.07) is 5.80. The van der Waals surface area contributed by atoms with Crippen LogP contribution in [-0.2, 0) is 11.2 Å². The third-order valence-electron chi connectivity index (χ3n) is 3.51. The maximum Gasteiger partial charge on any atom is 0.163 e. The summed E-state index contributed by atoms with van der Waals surface area (Å²) >= 11 is 0. The minimum atomic E-state index is 0.260. The average molecular weight is 232 g/mol. The van der Waals surface area contributed by atoms with Crippen molar-refractivity contribution in [2.24, 2.45) is 5.92 Å². The van der Waals surface area contributed by atoms with E-state index in [1.807, 2.05) is 18.2 Å². The normalized spacial score (nSPS) is 22.8. The third kappa shape index (κ3) is 2.20. The van der Waals surface area contributed by atoms with Gasteiger partial charge in [-0.05, 0) is 36.6 Å². The van der Waals surface area contributed by atoms with E-state index in [1.54, 1.807) is 0 Å². The number of benzene rings is 1. The Bertz CT molecular complexity index is 433. The van der Waals surface area contributed by atoms with Gasteiger partial charge in [0.25, 0.3) is 0 Å². The summed E-state index contributed by atoms with van der Waals surface area (Å²) in [7, 11) is 0. The number of hydrogen-bond donors (Lipinski definition) is 0. The highest BCUT2D eigenvalue weighted by Crippen LogP contribution is 2.26. The molecule has 0 aromatic heterocycles. The van der Waals surface area contributed by atoms with Crippen LogP contribution in [0.2, 0.25) is 0 Å². The molecule has 1 fully saturated rings. The van der Waals surface area contributed by atoms with Gasteiger partial charge in [0.15, 0.2) is 5.78 Å². The minimum absolute atomic E-state index is 0.260. The molecule has 1 heterocycles. The molecule has 0 bridgehead atoms. The topological polar surface area (TPSA) is 35.5 Å². The number of ketones is 1.